The largest absolute Gasteiger partial charge is 0.469 e. The predicted molar refractivity (Wildman–Crippen MR) is 59.1 cm³/mol. The fourth-order valence-electron chi connectivity index (χ4n) is 1.94. The summed E-state index contributed by atoms with van der Waals surface area (Å²) in [4.78, 5) is 11.4. The Bertz CT molecular complexity index is 154. The van der Waals surface area contributed by atoms with Gasteiger partial charge in [-0.2, -0.15) is 0 Å². The second-order valence-electron chi connectivity index (χ2n) is 4.14. The molecule has 2 unspecified atom stereocenters. The molecule has 0 saturated heterocycles. The van der Waals surface area contributed by atoms with Crippen molar-refractivity contribution >= 4 is 5.97 Å². The molecule has 2 heteroatoms. The number of methoxy groups -OCH3 is 1. The van der Waals surface area contributed by atoms with E-state index in [9.17, 15) is 4.79 Å². The van der Waals surface area contributed by atoms with E-state index in [1.165, 1.54) is 20.0 Å². The molecule has 0 aliphatic rings. The van der Waals surface area contributed by atoms with E-state index in [0.717, 1.165) is 19.3 Å². The van der Waals surface area contributed by atoms with E-state index in [4.69, 9.17) is 4.74 Å². The second-order valence-corrected chi connectivity index (χ2v) is 4.14. The summed E-state index contributed by atoms with van der Waals surface area (Å²) >= 11 is 0. The Morgan fingerprint density at radius 3 is 2.21 bits per heavy atom. The average molecular weight is 200 g/mol. The highest BCUT2D eigenvalue weighted by molar-refractivity contribution is 5.72. The van der Waals surface area contributed by atoms with Crippen LogP contribution in [-0.2, 0) is 9.53 Å². The first-order valence-corrected chi connectivity index (χ1v) is 5.73. The van der Waals surface area contributed by atoms with Gasteiger partial charge in [0.25, 0.3) is 0 Å². The third kappa shape index (κ3) is 5.25. The van der Waals surface area contributed by atoms with Crippen molar-refractivity contribution in [2.75, 3.05) is 7.11 Å². The van der Waals surface area contributed by atoms with Gasteiger partial charge in [0.05, 0.1) is 13.0 Å². The van der Waals surface area contributed by atoms with Crippen LogP contribution in [0.4, 0.5) is 0 Å². The minimum Gasteiger partial charge on any atom is -0.469 e. The maximum absolute atomic E-state index is 11.4. The topological polar surface area (TPSA) is 26.3 Å². The van der Waals surface area contributed by atoms with Crippen LogP contribution in [0.3, 0.4) is 0 Å². The molecule has 2 nitrogen and oxygen atoms in total. The quantitative estimate of drug-likeness (QED) is 0.589. The maximum atomic E-state index is 11.4. The molecule has 0 aromatic rings. The van der Waals surface area contributed by atoms with Crippen molar-refractivity contribution in [3.63, 3.8) is 0 Å². The lowest BCUT2D eigenvalue weighted by Gasteiger charge is -2.17. The van der Waals surface area contributed by atoms with Crippen LogP contribution in [0.1, 0.15) is 52.9 Å². The number of ether oxygens (including phenoxy) is 1. The second kappa shape index (κ2) is 7.84. The Labute approximate surface area is 88.0 Å². The van der Waals surface area contributed by atoms with Crippen molar-refractivity contribution in [1.29, 1.82) is 0 Å². The molecule has 0 spiro atoms. The third-order valence-electron chi connectivity index (χ3n) is 2.64. The SMILES string of the molecule is CCCC(C)CC(CCC)C(=O)OC. The summed E-state index contributed by atoms with van der Waals surface area (Å²) in [6.07, 6.45) is 5.39. The van der Waals surface area contributed by atoms with Crippen LogP contribution in [0.2, 0.25) is 0 Å². The van der Waals surface area contributed by atoms with E-state index in [0.29, 0.717) is 5.92 Å². The van der Waals surface area contributed by atoms with Gasteiger partial charge in [0, 0.05) is 0 Å². The zero-order valence-electron chi connectivity index (χ0n) is 10.0. The highest BCUT2D eigenvalue weighted by Crippen LogP contribution is 2.21. The van der Waals surface area contributed by atoms with Crippen molar-refractivity contribution in [2.24, 2.45) is 11.8 Å². The normalized spacial score (nSPS) is 14.9. The van der Waals surface area contributed by atoms with Crippen LogP contribution in [-0.4, -0.2) is 13.1 Å². The van der Waals surface area contributed by atoms with E-state index in [1.807, 2.05) is 0 Å². The lowest BCUT2D eigenvalue weighted by atomic mass is 9.90. The zero-order chi connectivity index (χ0) is 11.0. The molecule has 2 atom stereocenters. The minimum atomic E-state index is -0.0326. The van der Waals surface area contributed by atoms with Gasteiger partial charge in [-0.05, 0) is 18.8 Å². The summed E-state index contributed by atoms with van der Waals surface area (Å²) in [6.45, 7) is 6.51. The molecule has 0 aliphatic heterocycles. The minimum absolute atomic E-state index is 0.0326. The smallest absolute Gasteiger partial charge is 0.308 e. The van der Waals surface area contributed by atoms with Crippen molar-refractivity contribution in [2.45, 2.75) is 52.9 Å². The van der Waals surface area contributed by atoms with Gasteiger partial charge < -0.3 is 4.74 Å². The van der Waals surface area contributed by atoms with Crippen molar-refractivity contribution in [1.82, 2.24) is 0 Å². The Balaban J connectivity index is 4.01. The summed E-state index contributed by atoms with van der Waals surface area (Å²) in [5, 5.41) is 0. The summed E-state index contributed by atoms with van der Waals surface area (Å²) in [5.74, 6) is 0.719. The lowest BCUT2D eigenvalue weighted by Crippen LogP contribution is -2.18. The van der Waals surface area contributed by atoms with E-state index in [2.05, 4.69) is 20.8 Å². The van der Waals surface area contributed by atoms with E-state index < -0.39 is 0 Å². The maximum Gasteiger partial charge on any atom is 0.308 e. The van der Waals surface area contributed by atoms with Gasteiger partial charge in [-0.15, -0.1) is 0 Å². The first kappa shape index (κ1) is 13.5. The first-order valence-electron chi connectivity index (χ1n) is 5.73. The summed E-state index contributed by atoms with van der Waals surface area (Å²) < 4.78 is 4.80. The van der Waals surface area contributed by atoms with Crippen LogP contribution < -0.4 is 0 Å². The fraction of sp³-hybridized carbons (Fsp3) is 0.917. The van der Waals surface area contributed by atoms with Gasteiger partial charge >= 0.3 is 5.97 Å². The van der Waals surface area contributed by atoms with Crippen LogP contribution in [0.25, 0.3) is 0 Å². The van der Waals surface area contributed by atoms with Crippen molar-refractivity contribution in [3.8, 4) is 0 Å². The molecule has 14 heavy (non-hydrogen) atoms. The van der Waals surface area contributed by atoms with E-state index in [1.54, 1.807) is 0 Å². The molecule has 0 aliphatic carbocycles. The lowest BCUT2D eigenvalue weighted by molar-refractivity contribution is -0.146. The standard InChI is InChI=1S/C12H24O2/c1-5-7-10(3)9-11(8-6-2)12(13)14-4/h10-11H,5-9H2,1-4H3. The Morgan fingerprint density at radius 2 is 1.79 bits per heavy atom. The predicted octanol–water partition coefficient (Wildman–Crippen LogP) is 3.40. The van der Waals surface area contributed by atoms with E-state index in [-0.39, 0.29) is 11.9 Å². The summed E-state index contributed by atoms with van der Waals surface area (Å²) in [5.41, 5.74) is 0. The zero-order valence-corrected chi connectivity index (χ0v) is 10.0. The van der Waals surface area contributed by atoms with Crippen LogP contribution in [0.15, 0.2) is 0 Å². The van der Waals surface area contributed by atoms with Gasteiger partial charge in [0.15, 0.2) is 0 Å². The molecule has 0 bridgehead atoms. The molecular formula is C12H24O2. The molecule has 0 saturated carbocycles. The summed E-state index contributed by atoms with van der Waals surface area (Å²) in [7, 11) is 1.48. The Morgan fingerprint density at radius 1 is 1.21 bits per heavy atom. The Hall–Kier alpha value is -0.530. The molecule has 0 aromatic carbocycles. The third-order valence-corrected chi connectivity index (χ3v) is 2.64. The number of carbonyl (C=O) groups is 1. The summed E-state index contributed by atoms with van der Waals surface area (Å²) in [6, 6.07) is 0. The van der Waals surface area contributed by atoms with Crippen molar-refractivity contribution < 1.29 is 9.53 Å². The van der Waals surface area contributed by atoms with E-state index >= 15 is 0 Å². The molecule has 0 N–H and O–H groups in total. The molecule has 0 amide bonds. The number of hydrogen-bond donors (Lipinski definition) is 0. The van der Waals surface area contributed by atoms with Crippen LogP contribution in [0, 0.1) is 11.8 Å². The Kier molecular flexibility index (Phi) is 7.54. The first-order chi connectivity index (χ1) is 6.65. The molecule has 0 aromatic heterocycles. The average Bonchev–Trinajstić information content (AvgIpc) is 2.16. The fourth-order valence-corrected chi connectivity index (χ4v) is 1.94. The molecule has 84 valence electrons. The highest BCUT2D eigenvalue weighted by Gasteiger charge is 2.20. The van der Waals surface area contributed by atoms with Gasteiger partial charge in [0.1, 0.15) is 0 Å². The number of esters is 1. The molecule has 0 fully saturated rings. The molecule has 0 heterocycles. The van der Waals surface area contributed by atoms with Gasteiger partial charge in [-0.1, -0.05) is 40.0 Å². The molecule has 0 rings (SSSR count). The number of rotatable bonds is 7. The van der Waals surface area contributed by atoms with Gasteiger partial charge in [0.2, 0.25) is 0 Å². The van der Waals surface area contributed by atoms with Crippen molar-refractivity contribution in [3.05, 3.63) is 0 Å². The van der Waals surface area contributed by atoms with Gasteiger partial charge in [-0.25, -0.2) is 0 Å². The number of carbonyl (C=O) groups excluding carboxylic acids is 1. The highest BCUT2D eigenvalue weighted by atomic mass is 16.5. The van der Waals surface area contributed by atoms with Gasteiger partial charge in [-0.3, -0.25) is 4.79 Å². The monoisotopic (exact) mass is 200 g/mol. The molecule has 0 radical (unpaired) electrons. The van der Waals surface area contributed by atoms with Crippen LogP contribution >= 0.6 is 0 Å². The van der Waals surface area contributed by atoms with Crippen LogP contribution in [0.5, 0.6) is 0 Å². The number of hydrogen-bond acceptors (Lipinski definition) is 2. The molecular weight excluding hydrogens is 176 g/mol.